The van der Waals surface area contributed by atoms with Gasteiger partial charge in [0.15, 0.2) is 5.78 Å². The molecule has 3 nitrogen and oxygen atoms in total. The second-order valence-corrected chi connectivity index (χ2v) is 4.03. The average molecular weight is 210 g/mol. The van der Waals surface area contributed by atoms with Gasteiger partial charge in [-0.25, -0.2) is 0 Å². The van der Waals surface area contributed by atoms with Crippen molar-refractivity contribution in [2.45, 2.75) is 19.4 Å². The predicted molar refractivity (Wildman–Crippen MR) is 60.2 cm³/mol. The fourth-order valence-electron chi connectivity index (χ4n) is 2.45. The molecule has 2 aromatic rings. The summed E-state index contributed by atoms with van der Waals surface area (Å²) in [5.41, 5.74) is 2.15. The van der Waals surface area contributed by atoms with Crippen molar-refractivity contribution in [2.24, 2.45) is 0 Å². The van der Waals surface area contributed by atoms with Crippen LogP contribution in [0.3, 0.4) is 0 Å². The smallest absolute Gasteiger partial charge is 0.180 e. The standard InChI is InChI=1S/C13H10N2O/c14-8-10-9-4-1-2-5-11(9)15-7-3-6-12(16)13(10)15/h1-2,4-5H,3,6-7H2. The number of hydrogen-bond donors (Lipinski definition) is 0. The van der Waals surface area contributed by atoms with Gasteiger partial charge in [0, 0.05) is 23.9 Å². The number of fused-ring (bicyclic) bond motifs is 3. The summed E-state index contributed by atoms with van der Waals surface area (Å²) in [6.07, 6.45) is 1.43. The van der Waals surface area contributed by atoms with Crippen LogP contribution in [0.4, 0.5) is 0 Å². The first-order chi connectivity index (χ1) is 7.83. The van der Waals surface area contributed by atoms with Crippen molar-refractivity contribution in [1.29, 1.82) is 5.26 Å². The highest BCUT2D eigenvalue weighted by Crippen LogP contribution is 2.29. The number of rotatable bonds is 0. The van der Waals surface area contributed by atoms with Crippen molar-refractivity contribution in [3.8, 4) is 6.07 Å². The Morgan fingerprint density at radius 1 is 1.31 bits per heavy atom. The molecular formula is C13H10N2O. The van der Waals surface area contributed by atoms with E-state index in [1.54, 1.807) is 0 Å². The van der Waals surface area contributed by atoms with Gasteiger partial charge in [-0.1, -0.05) is 18.2 Å². The first-order valence-electron chi connectivity index (χ1n) is 5.37. The Morgan fingerprint density at radius 2 is 2.12 bits per heavy atom. The maximum Gasteiger partial charge on any atom is 0.180 e. The minimum Gasteiger partial charge on any atom is -0.337 e. The van der Waals surface area contributed by atoms with E-state index in [0.717, 1.165) is 23.9 Å². The monoisotopic (exact) mass is 210 g/mol. The summed E-state index contributed by atoms with van der Waals surface area (Å²) < 4.78 is 1.99. The fraction of sp³-hybridized carbons (Fsp3) is 0.231. The van der Waals surface area contributed by atoms with Crippen molar-refractivity contribution >= 4 is 16.7 Å². The van der Waals surface area contributed by atoms with Crippen molar-refractivity contribution < 1.29 is 4.79 Å². The summed E-state index contributed by atoms with van der Waals surface area (Å²) in [6.45, 7) is 0.837. The Morgan fingerprint density at radius 3 is 2.94 bits per heavy atom. The van der Waals surface area contributed by atoms with Gasteiger partial charge >= 0.3 is 0 Å². The van der Waals surface area contributed by atoms with Crippen molar-refractivity contribution in [3.63, 3.8) is 0 Å². The minimum absolute atomic E-state index is 0.0963. The number of hydrogen-bond acceptors (Lipinski definition) is 2. The molecule has 0 unspecified atom stereocenters. The number of aromatic nitrogens is 1. The molecule has 0 amide bonds. The van der Waals surface area contributed by atoms with Gasteiger partial charge in [0.1, 0.15) is 11.8 Å². The van der Waals surface area contributed by atoms with Crippen molar-refractivity contribution in [3.05, 3.63) is 35.5 Å². The summed E-state index contributed by atoms with van der Waals surface area (Å²) in [4.78, 5) is 11.9. The third kappa shape index (κ3) is 1.04. The third-order valence-corrected chi connectivity index (χ3v) is 3.13. The largest absolute Gasteiger partial charge is 0.337 e. The van der Waals surface area contributed by atoms with Crippen molar-refractivity contribution in [1.82, 2.24) is 4.57 Å². The predicted octanol–water partition coefficient (Wildman–Crippen LogP) is 2.49. The summed E-state index contributed by atoms with van der Waals surface area (Å²) in [6, 6.07) is 9.89. The SMILES string of the molecule is N#Cc1c2n(c3ccccc13)CCCC2=O. The maximum absolute atomic E-state index is 11.9. The lowest BCUT2D eigenvalue weighted by atomic mass is 10.0. The molecule has 0 aliphatic carbocycles. The van der Waals surface area contributed by atoms with Gasteiger partial charge < -0.3 is 4.57 Å². The van der Waals surface area contributed by atoms with Crippen LogP contribution in [0.5, 0.6) is 0 Å². The molecule has 0 saturated heterocycles. The van der Waals surface area contributed by atoms with E-state index in [0.29, 0.717) is 17.7 Å². The molecule has 0 atom stereocenters. The topological polar surface area (TPSA) is 45.8 Å². The molecule has 1 aromatic carbocycles. The number of benzene rings is 1. The Labute approximate surface area is 92.9 Å². The van der Waals surface area contributed by atoms with Gasteiger partial charge in [0.25, 0.3) is 0 Å². The molecule has 0 bridgehead atoms. The lowest BCUT2D eigenvalue weighted by molar-refractivity contribution is 0.0956. The maximum atomic E-state index is 11.9. The molecule has 1 aromatic heterocycles. The van der Waals surface area contributed by atoms with E-state index >= 15 is 0 Å². The van der Waals surface area contributed by atoms with Gasteiger partial charge in [0.05, 0.1) is 5.56 Å². The minimum atomic E-state index is 0.0963. The van der Waals surface area contributed by atoms with E-state index in [1.165, 1.54) is 0 Å². The average Bonchev–Trinajstić information content (AvgIpc) is 2.65. The molecule has 1 aliphatic rings. The molecule has 0 N–H and O–H groups in total. The Kier molecular flexibility index (Phi) is 1.84. The van der Waals surface area contributed by atoms with Crippen LogP contribution in [0.1, 0.15) is 28.9 Å². The van der Waals surface area contributed by atoms with Gasteiger partial charge in [-0.3, -0.25) is 4.79 Å². The molecule has 0 spiro atoms. The highest BCUT2D eigenvalue weighted by atomic mass is 16.1. The highest BCUT2D eigenvalue weighted by Gasteiger charge is 2.25. The summed E-state index contributed by atoms with van der Waals surface area (Å²) in [5.74, 6) is 0.0963. The van der Waals surface area contributed by atoms with Gasteiger partial charge in [-0.15, -0.1) is 0 Å². The van der Waals surface area contributed by atoms with E-state index in [9.17, 15) is 10.1 Å². The molecule has 16 heavy (non-hydrogen) atoms. The lowest BCUT2D eigenvalue weighted by Gasteiger charge is -2.14. The van der Waals surface area contributed by atoms with E-state index in [1.807, 2.05) is 28.8 Å². The van der Waals surface area contributed by atoms with Crippen LogP contribution in [0.2, 0.25) is 0 Å². The van der Waals surface area contributed by atoms with Crippen LogP contribution >= 0.6 is 0 Å². The molecule has 3 rings (SSSR count). The molecule has 78 valence electrons. The van der Waals surface area contributed by atoms with Crippen LogP contribution in [0.15, 0.2) is 24.3 Å². The molecular weight excluding hydrogens is 200 g/mol. The first kappa shape index (κ1) is 9.17. The van der Waals surface area contributed by atoms with Gasteiger partial charge in [0.2, 0.25) is 0 Å². The summed E-state index contributed by atoms with van der Waals surface area (Å²) in [7, 11) is 0. The normalized spacial score (nSPS) is 14.8. The quantitative estimate of drug-likeness (QED) is 0.670. The van der Waals surface area contributed by atoms with Crippen LogP contribution in [0, 0.1) is 11.3 Å². The lowest BCUT2D eigenvalue weighted by Crippen LogP contribution is -2.16. The molecule has 2 heterocycles. The third-order valence-electron chi connectivity index (χ3n) is 3.13. The summed E-state index contributed by atoms with van der Waals surface area (Å²) in [5, 5.41) is 10.1. The van der Waals surface area contributed by atoms with Gasteiger partial charge in [-0.2, -0.15) is 5.26 Å². The molecule has 0 fully saturated rings. The Balaban J connectivity index is 2.49. The van der Waals surface area contributed by atoms with Crippen LogP contribution in [-0.2, 0) is 6.54 Å². The first-order valence-corrected chi connectivity index (χ1v) is 5.37. The highest BCUT2D eigenvalue weighted by molar-refractivity contribution is 6.05. The number of carbonyl (C=O) groups is 1. The second-order valence-electron chi connectivity index (χ2n) is 4.03. The summed E-state index contributed by atoms with van der Waals surface area (Å²) >= 11 is 0. The second kappa shape index (κ2) is 3.21. The van der Waals surface area contributed by atoms with E-state index < -0.39 is 0 Å². The van der Waals surface area contributed by atoms with Gasteiger partial charge in [-0.05, 0) is 12.5 Å². The van der Waals surface area contributed by atoms with E-state index in [4.69, 9.17) is 0 Å². The zero-order chi connectivity index (χ0) is 11.1. The molecule has 1 aliphatic heterocycles. The molecule has 0 radical (unpaired) electrons. The number of Topliss-reactive ketones (excluding diaryl/α,β-unsaturated/α-hetero) is 1. The Hall–Kier alpha value is -2.08. The number of nitriles is 1. The number of ketones is 1. The molecule has 0 saturated carbocycles. The fourth-order valence-corrected chi connectivity index (χ4v) is 2.45. The van der Waals surface area contributed by atoms with Crippen LogP contribution < -0.4 is 0 Å². The number of nitrogens with zero attached hydrogens (tertiary/aromatic N) is 2. The zero-order valence-corrected chi connectivity index (χ0v) is 8.73. The van der Waals surface area contributed by atoms with Crippen LogP contribution in [-0.4, -0.2) is 10.4 Å². The number of aryl methyl sites for hydroxylation is 1. The van der Waals surface area contributed by atoms with Crippen molar-refractivity contribution in [2.75, 3.05) is 0 Å². The Bertz CT molecular complexity index is 631. The molecule has 3 heteroatoms. The van der Waals surface area contributed by atoms with Crippen LogP contribution in [0.25, 0.3) is 10.9 Å². The number of para-hydroxylation sites is 1. The zero-order valence-electron chi connectivity index (χ0n) is 8.73. The van der Waals surface area contributed by atoms with E-state index in [-0.39, 0.29) is 5.78 Å². The van der Waals surface area contributed by atoms with E-state index in [2.05, 4.69) is 6.07 Å². The number of carbonyl (C=O) groups excluding carboxylic acids is 1.